The minimum atomic E-state index is -0.160. The molecule has 0 aliphatic carbocycles. The van der Waals surface area contributed by atoms with Gasteiger partial charge in [0, 0.05) is 24.8 Å². The number of anilines is 1. The smallest absolute Gasteiger partial charge is 0.127 e. The predicted octanol–water partition coefficient (Wildman–Crippen LogP) is 1.74. The summed E-state index contributed by atoms with van der Waals surface area (Å²) in [5, 5.41) is 4.10. The van der Waals surface area contributed by atoms with E-state index < -0.39 is 0 Å². The Labute approximate surface area is 106 Å². The first-order chi connectivity index (χ1) is 8.65. The molecule has 4 nitrogen and oxygen atoms in total. The number of benzene rings is 1. The third-order valence-corrected chi connectivity index (χ3v) is 2.76. The quantitative estimate of drug-likeness (QED) is 0.876. The molecule has 0 fully saturated rings. The molecule has 2 N–H and O–H groups in total. The van der Waals surface area contributed by atoms with Gasteiger partial charge < -0.3 is 10.6 Å². The Kier molecular flexibility index (Phi) is 3.94. The van der Waals surface area contributed by atoms with Crippen molar-refractivity contribution < 1.29 is 4.39 Å². The van der Waals surface area contributed by atoms with Crippen molar-refractivity contribution in [2.75, 3.05) is 19.3 Å². The molecule has 2 rings (SSSR count). The SMILES string of the molecule is CN(CCn1cc(N)cn1)Cc1ccccc1F. The van der Waals surface area contributed by atoms with Crippen molar-refractivity contribution in [3.05, 3.63) is 48.0 Å². The molecule has 5 heteroatoms. The number of aromatic nitrogens is 2. The predicted molar refractivity (Wildman–Crippen MR) is 69.4 cm³/mol. The summed E-state index contributed by atoms with van der Waals surface area (Å²) >= 11 is 0. The first-order valence-corrected chi connectivity index (χ1v) is 5.85. The maximum absolute atomic E-state index is 13.5. The van der Waals surface area contributed by atoms with Crippen LogP contribution in [0.3, 0.4) is 0 Å². The third kappa shape index (κ3) is 3.30. The molecule has 1 aromatic carbocycles. The minimum Gasteiger partial charge on any atom is -0.396 e. The second-order valence-electron chi connectivity index (χ2n) is 4.37. The van der Waals surface area contributed by atoms with E-state index in [9.17, 15) is 4.39 Å². The molecule has 0 aliphatic rings. The average molecular weight is 248 g/mol. The van der Waals surface area contributed by atoms with Gasteiger partial charge in [0.15, 0.2) is 0 Å². The van der Waals surface area contributed by atoms with Gasteiger partial charge in [-0.25, -0.2) is 4.39 Å². The fourth-order valence-electron chi connectivity index (χ4n) is 1.77. The van der Waals surface area contributed by atoms with E-state index in [0.717, 1.165) is 13.1 Å². The number of hydrogen-bond acceptors (Lipinski definition) is 3. The Bertz CT molecular complexity index is 509. The van der Waals surface area contributed by atoms with Gasteiger partial charge in [-0.05, 0) is 13.1 Å². The van der Waals surface area contributed by atoms with Gasteiger partial charge in [-0.2, -0.15) is 5.10 Å². The Morgan fingerprint density at radius 2 is 2.17 bits per heavy atom. The van der Waals surface area contributed by atoms with Crippen LogP contribution in [0.4, 0.5) is 10.1 Å². The average Bonchev–Trinajstić information content (AvgIpc) is 2.76. The molecule has 18 heavy (non-hydrogen) atoms. The van der Waals surface area contributed by atoms with Crippen LogP contribution in [0.15, 0.2) is 36.7 Å². The van der Waals surface area contributed by atoms with Gasteiger partial charge in [0.25, 0.3) is 0 Å². The summed E-state index contributed by atoms with van der Waals surface area (Å²) in [6.07, 6.45) is 3.41. The maximum Gasteiger partial charge on any atom is 0.127 e. The van der Waals surface area contributed by atoms with E-state index in [1.54, 1.807) is 29.2 Å². The summed E-state index contributed by atoms with van der Waals surface area (Å²) in [5.41, 5.74) is 6.95. The lowest BCUT2D eigenvalue weighted by Crippen LogP contribution is -2.23. The summed E-state index contributed by atoms with van der Waals surface area (Å²) in [6.45, 7) is 2.11. The van der Waals surface area contributed by atoms with Crippen LogP contribution in [-0.4, -0.2) is 28.3 Å². The topological polar surface area (TPSA) is 47.1 Å². The summed E-state index contributed by atoms with van der Waals surface area (Å²) in [6, 6.07) is 6.83. The number of nitrogens with two attached hydrogens (primary N) is 1. The lowest BCUT2D eigenvalue weighted by Gasteiger charge is -2.16. The highest BCUT2D eigenvalue weighted by molar-refractivity contribution is 5.30. The Balaban J connectivity index is 1.85. The normalized spacial score (nSPS) is 11.1. The van der Waals surface area contributed by atoms with E-state index in [-0.39, 0.29) is 5.82 Å². The first-order valence-electron chi connectivity index (χ1n) is 5.85. The monoisotopic (exact) mass is 248 g/mol. The Hall–Kier alpha value is -1.88. The van der Waals surface area contributed by atoms with Crippen LogP contribution in [0.5, 0.6) is 0 Å². The number of nitrogens with zero attached hydrogens (tertiary/aromatic N) is 3. The molecule has 0 amide bonds. The van der Waals surface area contributed by atoms with Crippen molar-refractivity contribution in [2.24, 2.45) is 0 Å². The lowest BCUT2D eigenvalue weighted by molar-refractivity contribution is 0.301. The van der Waals surface area contributed by atoms with Crippen LogP contribution in [-0.2, 0) is 13.1 Å². The number of nitrogen functional groups attached to an aromatic ring is 1. The zero-order valence-electron chi connectivity index (χ0n) is 10.4. The van der Waals surface area contributed by atoms with Gasteiger partial charge in [0.2, 0.25) is 0 Å². The highest BCUT2D eigenvalue weighted by Gasteiger charge is 2.05. The summed E-state index contributed by atoms with van der Waals surface area (Å²) < 4.78 is 15.2. The molecule has 0 spiro atoms. The molecule has 0 atom stereocenters. The van der Waals surface area contributed by atoms with E-state index in [1.807, 2.05) is 13.1 Å². The molecule has 96 valence electrons. The minimum absolute atomic E-state index is 0.160. The Morgan fingerprint density at radius 3 is 2.83 bits per heavy atom. The molecule has 0 saturated carbocycles. The molecular weight excluding hydrogens is 231 g/mol. The van der Waals surface area contributed by atoms with Crippen molar-refractivity contribution in [3.8, 4) is 0 Å². The molecule has 0 aliphatic heterocycles. The molecule has 0 bridgehead atoms. The van der Waals surface area contributed by atoms with Gasteiger partial charge in [0.05, 0.1) is 18.4 Å². The van der Waals surface area contributed by atoms with E-state index in [0.29, 0.717) is 17.8 Å². The van der Waals surface area contributed by atoms with Crippen LogP contribution < -0.4 is 5.73 Å². The van der Waals surface area contributed by atoms with Gasteiger partial charge in [0.1, 0.15) is 5.82 Å². The van der Waals surface area contributed by atoms with Crippen LogP contribution in [0.1, 0.15) is 5.56 Å². The molecule has 2 aromatic rings. The Morgan fingerprint density at radius 1 is 1.39 bits per heavy atom. The van der Waals surface area contributed by atoms with Crippen molar-refractivity contribution >= 4 is 5.69 Å². The number of likely N-dealkylation sites (N-methyl/N-ethyl adjacent to an activating group) is 1. The van der Waals surface area contributed by atoms with Crippen LogP contribution in [0.25, 0.3) is 0 Å². The molecule has 1 heterocycles. The van der Waals surface area contributed by atoms with E-state index in [4.69, 9.17) is 5.73 Å². The van der Waals surface area contributed by atoms with Crippen molar-refractivity contribution in [3.63, 3.8) is 0 Å². The van der Waals surface area contributed by atoms with Crippen molar-refractivity contribution in [1.82, 2.24) is 14.7 Å². The van der Waals surface area contributed by atoms with E-state index in [2.05, 4.69) is 10.00 Å². The van der Waals surface area contributed by atoms with Crippen molar-refractivity contribution in [1.29, 1.82) is 0 Å². The lowest BCUT2D eigenvalue weighted by atomic mass is 10.2. The van der Waals surface area contributed by atoms with E-state index >= 15 is 0 Å². The maximum atomic E-state index is 13.5. The zero-order chi connectivity index (χ0) is 13.0. The molecule has 1 aromatic heterocycles. The fourth-order valence-corrected chi connectivity index (χ4v) is 1.77. The van der Waals surface area contributed by atoms with Crippen LogP contribution in [0, 0.1) is 5.82 Å². The summed E-state index contributed by atoms with van der Waals surface area (Å²) in [4.78, 5) is 2.05. The fraction of sp³-hybridized carbons (Fsp3) is 0.308. The molecular formula is C13H17FN4. The molecule has 0 saturated heterocycles. The van der Waals surface area contributed by atoms with Crippen LogP contribution in [0.2, 0.25) is 0 Å². The first kappa shape index (κ1) is 12.6. The highest BCUT2D eigenvalue weighted by atomic mass is 19.1. The van der Waals surface area contributed by atoms with Gasteiger partial charge in [-0.3, -0.25) is 4.68 Å². The summed E-state index contributed by atoms with van der Waals surface area (Å²) in [5.74, 6) is -0.160. The second-order valence-corrected chi connectivity index (χ2v) is 4.37. The van der Waals surface area contributed by atoms with Gasteiger partial charge in [-0.1, -0.05) is 18.2 Å². The standard InChI is InChI=1S/C13H17FN4/c1-17(6-7-18-10-12(15)8-16-18)9-11-4-2-3-5-13(11)14/h2-5,8,10H,6-7,9,15H2,1H3. The molecule has 0 unspecified atom stereocenters. The highest BCUT2D eigenvalue weighted by Crippen LogP contribution is 2.08. The van der Waals surface area contributed by atoms with Gasteiger partial charge >= 0.3 is 0 Å². The largest absolute Gasteiger partial charge is 0.396 e. The number of rotatable bonds is 5. The third-order valence-electron chi connectivity index (χ3n) is 2.76. The number of hydrogen-bond donors (Lipinski definition) is 1. The number of halogens is 1. The van der Waals surface area contributed by atoms with Gasteiger partial charge in [-0.15, -0.1) is 0 Å². The molecule has 0 radical (unpaired) electrons. The van der Waals surface area contributed by atoms with Crippen molar-refractivity contribution in [2.45, 2.75) is 13.1 Å². The summed E-state index contributed by atoms with van der Waals surface area (Å²) in [7, 11) is 1.96. The zero-order valence-corrected chi connectivity index (χ0v) is 10.4. The van der Waals surface area contributed by atoms with E-state index in [1.165, 1.54) is 6.07 Å². The second kappa shape index (κ2) is 5.64. The van der Waals surface area contributed by atoms with Crippen LogP contribution >= 0.6 is 0 Å².